The molecule has 3 N–H and O–H groups in total. The lowest BCUT2D eigenvalue weighted by atomic mass is 10.2. The maximum Gasteiger partial charge on any atom is 0.263 e. The second-order valence-electron chi connectivity index (χ2n) is 8.05. The Kier molecular flexibility index (Phi) is 6.51. The Bertz CT molecular complexity index is 1320. The minimum absolute atomic E-state index is 0.0296. The van der Waals surface area contributed by atoms with Gasteiger partial charge in [-0.2, -0.15) is 0 Å². The third kappa shape index (κ3) is 5.90. The number of sulfonamides is 1. The highest BCUT2D eigenvalue weighted by Crippen LogP contribution is 2.27. The van der Waals surface area contributed by atoms with E-state index < -0.39 is 10.0 Å². The number of hydrogen-bond donors (Lipinski definition) is 3. The predicted molar refractivity (Wildman–Crippen MR) is 128 cm³/mol. The normalized spacial score (nSPS) is 13.1. The van der Waals surface area contributed by atoms with Gasteiger partial charge in [0.2, 0.25) is 11.8 Å². The lowest BCUT2D eigenvalue weighted by Crippen LogP contribution is -2.25. The van der Waals surface area contributed by atoms with E-state index in [4.69, 9.17) is 4.74 Å². The zero-order valence-electron chi connectivity index (χ0n) is 18.7. The van der Waals surface area contributed by atoms with E-state index in [0.717, 1.165) is 18.4 Å². The third-order valence-electron chi connectivity index (χ3n) is 4.98. The molecule has 176 valence electrons. The van der Waals surface area contributed by atoms with Crippen LogP contribution in [0.4, 0.5) is 11.4 Å². The molecule has 2 aromatic carbocycles. The van der Waals surface area contributed by atoms with Crippen LogP contribution in [-0.2, 0) is 14.8 Å². The number of nitrogens with zero attached hydrogens (tertiary/aromatic N) is 1. The van der Waals surface area contributed by atoms with Gasteiger partial charge in [-0.1, -0.05) is 6.07 Å². The van der Waals surface area contributed by atoms with Crippen molar-refractivity contribution >= 4 is 33.2 Å². The van der Waals surface area contributed by atoms with Crippen LogP contribution < -0.4 is 20.1 Å². The van der Waals surface area contributed by atoms with Gasteiger partial charge in [0.15, 0.2) is 0 Å². The highest BCUT2D eigenvalue weighted by molar-refractivity contribution is 7.92. The number of benzene rings is 2. The molecule has 0 atom stereocenters. The molecule has 4 rings (SSSR count). The van der Waals surface area contributed by atoms with Gasteiger partial charge in [-0.15, -0.1) is 0 Å². The van der Waals surface area contributed by atoms with Gasteiger partial charge >= 0.3 is 0 Å². The summed E-state index contributed by atoms with van der Waals surface area (Å²) in [5.74, 6) is 0.219. The Morgan fingerprint density at radius 2 is 1.76 bits per heavy atom. The summed E-state index contributed by atoms with van der Waals surface area (Å²) < 4.78 is 34.1. The summed E-state index contributed by atoms with van der Waals surface area (Å²) in [6.45, 7) is 3.08. The van der Waals surface area contributed by atoms with Crippen molar-refractivity contribution < 1.29 is 22.7 Å². The maximum atomic E-state index is 13.0. The first-order valence-corrected chi connectivity index (χ1v) is 12.1. The SMILES string of the molecule is CC(=O)Nc1ccc(C)cc1S(=O)(=O)Nc1ccc(Oc2ccc(C(=O)NC3CC3)cn2)cc1. The number of pyridine rings is 1. The van der Waals surface area contributed by atoms with Crippen LogP contribution in [0.2, 0.25) is 0 Å². The number of anilines is 2. The van der Waals surface area contributed by atoms with Gasteiger partial charge in [-0.25, -0.2) is 13.4 Å². The molecule has 1 aliphatic carbocycles. The molecule has 1 aromatic heterocycles. The van der Waals surface area contributed by atoms with Crippen molar-refractivity contribution in [1.82, 2.24) is 10.3 Å². The van der Waals surface area contributed by atoms with Crippen LogP contribution >= 0.6 is 0 Å². The van der Waals surface area contributed by atoms with Crippen molar-refractivity contribution in [2.45, 2.75) is 37.6 Å². The van der Waals surface area contributed by atoms with Crippen LogP contribution in [0.3, 0.4) is 0 Å². The fraction of sp³-hybridized carbons (Fsp3) is 0.208. The quantitative estimate of drug-likeness (QED) is 0.450. The summed E-state index contributed by atoms with van der Waals surface area (Å²) in [5, 5.41) is 5.44. The zero-order valence-corrected chi connectivity index (χ0v) is 19.5. The number of carbonyl (C=O) groups excluding carboxylic acids is 2. The maximum absolute atomic E-state index is 13.0. The molecule has 0 unspecified atom stereocenters. The van der Waals surface area contributed by atoms with Crippen molar-refractivity contribution in [3.05, 3.63) is 71.9 Å². The number of aryl methyl sites for hydroxylation is 1. The van der Waals surface area contributed by atoms with Crippen LogP contribution in [0.5, 0.6) is 11.6 Å². The van der Waals surface area contributed by atoms with Gasteiger partial charge in [0.1, 0.15) is 10.6 Å². The summed E-state index contributed by atoms with van der Waals surface area (Å²) in [5.41, 5.74) is 1.72. The van der Waals surface area contributed by atoms with Crippen LogP contribution in [0.1, 0.15) is 35.7 Å². The molecule has 1 fully saturated rings. The predicted octanol–water partition coefficient (Wildman–Crippen LogP) is 3.83. The van der Waals surface area contributed by atoms with Gasteiger partial charge in [0.25, 0.3) is 15.9 Å². The average molecular weight is 481 g/mol. The van der Waals surface area contributed by atoms with Crippen molar-refractivity contribution in [1.29, 1.82) is 0 Å². The Morgan fingerprint density at radius 1 is 1.03 bits per heavy atom. The largest absolute Gasteiger partial charge is 0.439 e. The molecule has 10 heteroatoms. The summed E-state index contributed by atoms with van der Waals surface area (Å²) in [6.07, 6.45) is 3.46. The fourth-order valence-corrected chi connectivity index (χ4v) is 4.44. The first-order valence-electron chi connectivity index (χ1n) is 10.7. The molecule has 1 aliphatic rings. The highest BCUT2D eigenvalue weighted by atomic mass is 32.2. The first-order chi connectivity index (χ1) is 16.2. The van der Waals surface area contributed by atoms with Gasteiger partial charge in [0.05, 0.1) is 11.3 Å². The summed E-state index contributed by atoms with van der Waals surface area (Å²) in [7, 11) is -3.96. The number of hydrogen-bond acceptors (Lipinski definition) is 6. The van der Waals surface area contributed by atoms with Crippen molar-refractivity contribution in [3.63, 3.8) is 0 Å². The molecule has 1 heterocycles. The van der Waals surface area contributed by atoms with Crippen molar-refractivity contribution in [2.75, 3.05) is 10.0 Å². The minimum Gasteiger partial charge on any atom is -0.439 e. The summed E-state index contributed by atoms with van der Waals surface area (Å²) >= 11 is 0. The average Bonchev–Trinajstić information content (AvgIpc) is 3.60. The van der Waals surface area contributed by atoms with Crippen LogP contribution in [0.15, 0.2) is 65.7 Å². The number of amides is 2. The number of ether oxygens (including phenoxy) is 1. The molecule has 34 heavy (non-hydrogen) atoms. The molecule has 9 nitrogen and oxygen atoms in total. The summed E-state index contributed by atoms with van der Waals surface area (Å²) in [6, 6.07) is 14.6. The smallest absolute Gasteiger partial charge is 0.263 e. The lowest BCUT2D eigenvalue weighted by molar-refractivity contribution is -0.114. The lowest BCUT2D eigenvalue weighted by Gasteiger charge is -2.14. The number of nitrogens with one attached hydrogen (secondary N) is 3. The Labute approximate surface area is 197 Å². The molecule has 0 radical (unpaired) electrons. The van der Waals surface area contributed by atoms with Crippen LogP contribution in [0.25, 0.3) is 0 Å². The molecular weight excluding hydrogens is 456 g/mol. The second-order valence-corrected chi connectivity index (χ2v) is 9.70. The van der Waals surface area contributed by atoms with Crippen molar-refractivity contribution in [3.8, 4) is 11.6 Å². The molecule has 1 saturated carbocycles. The van der Waals surface area contributed by atoms with Gasteiger partial charge in [-0.3, -0.25) is 14.3 Å². The highest BCUT2D eigenvalue weighted by Gasteiger charge is 2.24. The molecule has 0 bridgehead atoms. The van der Waals surface area contributed by atoms with Crippen molar-refractivity contribution in [2.24, 2.45) is 0 Å². The van der Waals surface area contributed by atoms with E-state index >= 15 is 0 Å². The minimum atomic E-state index is -3.96. The topological polar surface area (TPSA) is 126 Å². The van der Waals surface area contributed by atoms with Gasteiger partial charge in [-0.05, 0) is 67.8 Å². The van der Waals surface area contributed by atoms with E-state index in [1.165, 1.54) is 19.2 Å². The molecule has 2 amide bonds. The van der Waals surface area contributed by atoms with E-state index in [1.807, 2.05) is 0 Å². The fourth-order valence-electron chi connectivity index (χ4n) is 3.14. The Balaban J connectivity index is 1.43. The van der Waals surface area contributed by atoms with E-state index in [-0.39, 0.29) is 28.4 Å². The number of aromatic nitrogens is 1. The molecule has 3 aromatic rings. The second kappa shape index (κ2) is 9.52. The first kappa shape index (κ1) is 23.2. The number of rotatable bonds is 8. The molecular formula is C24H24N4O5S. The molecule has 0 saturated heterocycles. The van der Waals surface area contributed by atoms with E-state index in [2.05, 4.69) is 20.3 Å². The van der Waals surface area contributed by atoms with E-state index in [9.17, 15) is 18.0 Å². The third-order valence-corrected chi connectivity index (χ3v) is 6.40. The van der Waals surface area contributed by atoms with Crippen LogP contribution in [-0.4, -0.2) is 31.3 Å². The molecule has 0 spiro atoms. The summed E-state index contributed by atoms with van der Waals surface area (Å²) in [4.78, 5) is 27.6. The number of carbonyl (C=O) groups is 2. The monoisotopic (exact) mass is 480 g/mol. The van der Waals surface area contributed by atoms with E-state index in [1.54, 1.807) is 55.5 Å². The van der Waals surface area contributed by atoms with Gasteiger partial charge < -0.3 is 15.4 Å². The Hall–Kier alpha value is -3.92. The van der Waals surface area contributed by atoms with E-state index in [0.29, 0.717) is 22.9 Å². The van der Waals surface area contributed by atoms with Crippen LogP contribution in [0, 0.1) is 6.92 Å². The van der Waals surface area contributed by atoms with Gasteiger partial charge in [0, 0.05) is 30.9 Å². The standard InChI is InChI=1S/C24H24N4O5S/c1-15-3-11-21(26-16(2)29)22(13-15)34(31,32)28-19-7-9-20(10-8-19)33-23-12-4-17(14-25-23)24(30)27-18-5-6-18/h3-4,7-14,18,28H,5-6H2,1-2H3,(H,26,29)(H,27,30). The molecule has 0 aliphatic heterocycles. The zero-order chi connectivity index (χ0) is 24.3. The Morgan fingerprint density at radius 3 is 2.38 bits per heavy atom.